The summed E-state index contributed by atoms with van der Waals surface area (Å²) >= 11 is 0. The molecule has 2 aliphatic heterocycles. The van der Waals surface area contributed by atoms with Gasteiger partial charge in [-0.25, -0.2) is 4.79 Å². The molecule has 0 spiro atoms. The molecule has 10 aromatic carbocycles. The van der Waals surface area contributed by atoms with Gasteiger partial charge in [-0.2, -0.15) is 0 Å². The van der Waals surface area contributed by atoms with Gasteiger partial charge in [0.05, 0.1) is 5.56 Å². The van der Waals surface area contributed by atoms with Gasteiger partial charge in [0.1, 0.15) is 6.61 Å². The Balaban J connectivity index is 1.10. The van der Waals surface area contributed by atoms with Gasteiger partial charge in [-0.15, -0.1) is 0 Å². The summed E-state index contributed by atoms with van der Waals surface area (Å²) in [7, 11) is 0. The van der Waals surface area contributed by atoms with E-state index < -0.39 is 0 Å². The minimum absolute atomic E-state index is 0.105. The van der Waals surface area contributed by atoms with E-state index in [0.29, 0.717) is 5.56 Å². The van der Waals surface area contributed by atoms with Crippen molar-refractivity contribution >= 4 is 63.2 Å². The van der Waals surface area contributed by atoms with Crippen molar-refractivity contribution < 1.29 is 9.53 Å². The molecule has 77 heavy (non-hydrogen) atoms. The van der Waals surface area contributed by atoms with Gasteiger partial charge in [0.25, 0.3) is 6.71 Å². The first-order valence-corrected chi connectivity index (χ1v) is 27.7. The summed E-state index contributed by atoms with van der Waals surface area (Å²) in [5, 5.41) is 0. The topological polar surface area (TPSA) is 32.8 Å². The molecule has 0 N–H and O–H groups in total. The molecule has 0 unspecified atom stereocenters. The molecule has 14 rings (SSSR count). The number of benzene rings is 10. The molecule has 0 fully saturated rings. The first kappa shape index (κ1) is 46.8. The summed E-state index contributed by atoms with van der Waals surface area (Å²) in [5.74, 6) is -0.352. The van der Waals surface area contributed by atoms with Gasteiger partial charge in [-0.3, -0.25) is 0 Å². The Morgan fingerprint density at radius 1 is 0.416 bits per heavy atom. The van der Waals surface area contributed by atoms with E-state index in [4.69, 9.17) is 4.74 Å². The number of hydrogen-bond acceptors (Lipinski definition) is 4. The van der Waals surface area contributed by atoms with Crippen LogP contribution in [0.25, 0.3) is 44.5 Å². The van der Waals surface area contributed by atoms with Crippen molar-refractivity contribution in [2.45, 2.75) is 71.8 Å². The van der Waals surface area contributed by atoms with Crippen molar-refractivity contribution in [1.29, 1.82) is 0 Å². The highest BCUT2D eigenvalue weighted by Crippen LogP contribution is 2.50. The third-order valence-electron chi connectivity index (χ3n) is 17.1. The molecule has 4 nitrogen and oxygen atoms in total. The Kier molecular flexibility index (Phi) is 11.8. The summed E-state index contributed by atoms with van der Waals surface area (Å²) in [6, 6.07) is 77.5. The lowest BCUT2D eigenvalue weighted by Crippen LogP contribution is -2.61. The predicted molar refractivity (Wildman–Crippen MR) is 321 cm³/mol. The fraction of sp³-hybridized carbons (Fsp3) is 0.153. The average Bonchev–Trinajstić information content (AvgIpc) is 3.67. The molecule has 2 aliphatic carbocycles. The van der Waals surface area contributed by atoms with Crippen LogP contribution in [0.2, 0.25) is 0 Å². The van der Waals surface area contributed by atoms with Crippen LogP contribution in [0.3, 0.4) is 0 Å². The van der Waals surface area contributed by atoms with E-state index in [1.165, 1.54) is 109 Å². The lowest BCUT2D eigenvalue weighted by molar-refractivity contribution is 0.0473. The number of carbonyl (C=O) groups is 1. The number of fused-ring (bicyclic) bond motifs is 6. The molecule has 0 saturated heterocycles. The molecule has 0 saturated carbocycles. The van der Waals surface area contributed by atoms with E-state index in [-0.39, 0.29) is 19.3 Å². The first-order chi connectivity index (χ1) is 37.9. The van der Waals surface area contributed by atoms with E-state index in [0.717, 1.165) is 76.3 Å². The highest BCUT2D eigenvalue weighted by Gasteiger charge is 2.45. The zero-order chi connectivity index (χ0) is 51.6. The molecule has 0 radical (unpaired) electrons. The highest BCUT2D eigenvalue weighted by molar-refractivity contribution is 7.00. The molecule has 2 heterocycles. The summed E-state index contributed by atoms with van der Waals surface area (Å²) in [4.78, 5) is 20.3. The van der Waals surface area contributed by atoms with Crippen molar-refractivity contribution in [2.24, 2.45) is 0 Å². The maximum Gasteiger partial charge on any atom is 0.338 e. The van der Waals surface area contributed by atoms with Crippen LogP contribution < -0.4 is 26.2 Å². The Bertz CT molecular complexity index is 3570. The molecule has 0 aromatic heterocycles. The second-order valence-electron chi connectivity index (χ2n) is 21.7. The molecule has 10 aromatic rings. The minimum Gasteiger partial charge on any atom is -0.457 e. The Hall–Kier alpha value is -8.67. The van der Waals surface area contributed by atoms with Crippen LogP contribution in [-0.2, 0) is 37.0 Å². The third-order valence-corrected chi connectivity index (χ3v) is 17.1. The number of rotatable bonds is 9. The lowest BCUT2D eigenvalue weighted by atomic mass is 9.33. The van der Waals surface area contributed by atoms with E-state index in [9.17, 15) is 0 Å². The van der Waals surface area contributed by atoms with E-state index in [1.807, 2.05) is 30.3 Å². The highest BCUT2D eigenvalue weighted by atomic mass is 16.5. The van der Waals surface area contributed by atoms with Gasteiger partial charge < -0.3 is 14.5 Å². The number of aryl methyl sites for hydroxylation is 4. The molecule has 5 heteroatoms. The maximum atomic E-state index is 15.2. The molecular formula is C72H59BN2O2. The first-order valence-electron chi connectivity index (χ1n) is 27.7. The van der Waals surface area contributed by atoms with Crippen LogP contribution in [0, 0.1) is 13.8 Å². The van der Waals surface area contributed by atoms with Crippen LogP contribution in [-0.4, -0.2) is 12.7 Å². The lowest BCUT2D eigenvalue weighted by Gasteiger charge is -2.45. The van der Waals surface area contributed by atoms with Crippen molar-refractivity contribution in [3.8, 4) is 44.5 Å². The normalized spacial score (nSPS) is 14.0. The quantitative estimate of drug-likeness (QED) is 0.107. The second kappa shape index (κ2) is 19.5. The third kappa shape index (κ3) is 8.28. The zero-order valence-electron chi connectivity index (χ0n) is 43.9. The minimum atomic E-state index is -0.352. The predicted octanol–water partition coefficient (Wildman–Crippen LogP) is 16.2. The number of esters is 1. The maximum absolute atomic E-state index is 15.2. The number of nitrogens with zero attached hydrogens (tertiary/aromatic N) is 2. The summed E-state index contributed by atoms with van der Waals surface area (Å²) < 4.78 is 6.38. The fourth-order valence-corrected chi connectivity index (χ4v) is 13.3. The van der Waals surface area contributed by atoms with Gasteiger partial charge in [0.15, 0.2) is 0 Å². The van der Waals surface area contributed by atoms with Crippen LogP contribution in [0.4, 0.5) is 34.1 Å². The molecule has 0 amide bonds. The molecule has 4 aliphatic rings. The van der Waals surface area contributed by atoms with E-state index >= 15 is 4.79 Å². The van der Waals surface area contributed by atoms with Crippen molar-refractivity contribution in [1.82, 2.24) is 0 Å². The van der Waals surface area contributed by atoms with Crippen LogP contribution in [0.1, 0.15) is 75.0 Å². The summed E-state index contributed by atoms with van der Waals surface area (Å²) in [6.07, 6.45) is 8.94. The Morgan fingerprint density at radius 2 is 0.753 bits per heavy atom. The van der Waals surface area contributed by atoms with Crippen LogP contribution in [0.15, 0.2) is 212 Å². The second-order valence-corrected chi connectivity index (χ2v) is 21.7. The van der Waals surface area contributed by atoms with Gasteiger partial charge in [0, 0.05) is 34.1 Å². The average molecular weight is 995 g/mol. The number of ether oxygens (including phenoxy) is 1. The molecule has 372 valence electrons. The van der Waals surface area contributed by atoms with E-state index in [1.54, 1.807) is 0 Å². The van der Waals surface area contributed by atoms with Gasteiger partial charge >= 0.3 is 5.97 Å². The van der Waals surface area contributed by atoms with Crippen molar-refractivity contribution in [2.75, 3.05) is 9.80 Å². The fourth-order valence-electron chi connectivity index (χ4n) is 13.3. The zero-order valence-corrected chi connectivity index (χ0v) is 43.9. The summed E-state index contributed by atoms with van der Waals surface area (Å²) in [5.41, 5.74) is 29.3. The number of hydrogen-bond donors (Lipinski definition) is 0. The monoisotopic (exact) mass is 994 g/mol. The standard InChI is InChI=1S/C72H59BN2O2/c1-47-61(50-24-10-4-11-25-50)42-59(43-62(47)51-26-12-5-13-27-51)74-67-38-56-34-20-18-32-54(56)36-65(67)73-66-37-55-33-19-21-35-57(55)39-68(66)75(70-41-58(40-69(74)71(70)73)72(76)77-46-49-22-8-3-9-23-49)60-44-63(52-28-14-6-15-29-52)48(2)64(45-60)53-30-16-7-17-31-53/h3-17,22-31,36-45H,18-21,32-35,46H2,1-2H3. The van der Waals surface area contributed by atoms with Crippen LogP contribution >= 0.6 is 0 Å². The Morgan fingerprint density at radius 3 is 1.12 bits per heavy atom. The smallest absolute Gasteiger partial charge is 0.338 e. The molecule has 0 atom stereocenters. The molecule has 0 bridgehead atoms. The SMILES string of the molecule is Cc1c(-c2ccccc2)cc(N2c3cc4c(cc3B3c5cc6c(cc5N(c5cc(-c7ccccc7)c(C)c(-c7ccccc7)c5)c5cc(C(=O)OCc7ccccc7)cc2c53)CCCC6)CCCC4)cc1-c1ccccc1. The van der Waals surface area contributed by atoms with Gasteiger partial charge in [0.2, 0.25) is 0 Å². The molecular weight excluding hydrogens is 936 g/mol. The van der Waals surface area contributed by atoms with Gasteiger partial charge in [-0.05, 0) is 214 Å². The van der Waals surface area contributed by atoms with Gasteiger partial charge in [-0.1, -0.05) is 164 Å². The van der Waals surface area contributed by atoms with Crippen molar-refractivity contribution in [3.63, 3.8) is 0 Å². The largest absolute Gasteiger partial charge is 0.457 e. The number of carbonyl (C=O) groups excluding carboxylic acids is 1. The van der Waals surface area contributed by atoms with Crippen LogP contribution in [0.5, 0.6) is 0 Å². The van der Waals surface area contributed by atoms with Crippen molar-refractivity contribution in [3.05, 3.63) is 257 Å². The number of anilines is 6. The Labute approximate surface area is 453 Å². The summed E-state index contributed by atoms with van der Waals surface area (Å²) in [6.45, 7) is 4.59. The van der Waals surface area contributed by atoms with E-state index in [2.05, 4.69) is 206 Å².